The minimum Gasteiger partial charge on any atom is -0.321 e. The van der Waals surface area contributed by atoms with Gasteiger partial charge >= 0.3 is 0 Å². The van der Waals surface area contributed by atoms with Gasteiger partial charge in [0.05, 0.1) is 20.9 Å². The maximum atomic E-state index is 13.5. The molecule has 34 heavy (non-hydrogen) atoms. The maximum Gasteiger partial charge on any atom is 0.273 e. The first kappa shape index (κ1) is 23.4. The summed E-state index contributed by atoms with van der Waals surface area (Å²) in [6, 6.07) is 17.2. The first-order valence-electron chi connectivity index (χ1n) is 9.69. The van der Waals surface area contributed by atoms with Gasteiger partial charge in [-0.25, -0.2) is 4.39 Å². The lowest BCUT2D eigenvalue weighted by molar-refractivity contribution is -0.111. The summed E-state index contributed by atoms with van der Waals surface area (Å²) in [6.45, 7) is 0. The summed E-state index contributed by atoms with van der Waals surface area (Å²) in [4.78, 5) is 30.5. The molecule has 2 heterocycles. The molecular formula is C24H13Cl2FN4O2S. The van der Waals surface area contributed by atoms with Gasteiger partial charge in [0.1, 0.15) is 16.5 Å². The van der Waals surface area contributed by atoms with E-state index in [2.05, 4.69) is 10.3 Å². The normalized spacial score (nSPS) is 12.2. The smallest absolute Gasteiger partial charge is 0.273 e. The fourth-order valence-electron chi connectivity index (χ4n) is 3.03. The highest BCUT2D eigenvalue weighted by atomic mass is 35.5. The van der Waals surface area contributed by atoms with E-state index in [9.17, 15) is 19.2 Å². The van der Waals surface area contributed by atoms with Crippen LogP contribution in [0.5, 0.6) is 0 Å². The molecule has 0 aliphatic rings. The number of amides is 1. The van der Waals surface area contributed by atoms with E-state index in [1.165, 1.54) is 16.7 Å². The zero-order chi connectivity index (χ0) is 24.2. The third-order valence-electron chi connectivity index (χ3n) is 4.61. The topological polar surface area (TPSA) is 87.8 Å². The molecule has 1 amide bonds. The van der Waals surface area contributed by atoms with Crippen LogP contribution in [0.25, 0.3) is 17.3 Å². The van der Waals surface area contributed by atoms with Crippen LogP contribution in [0.15, 0.2) is 71.7 Å². The Morgan fingerprint density at radius 2 is 1.91 bits per heavy atom. The van der Waals surface area contributed by atoms with Gasteiger partial charge in [-0.15, -0.1) is 11.3 Å². The quantitative estimate of drug-likeness (QED) is 0.451. The van der Waals surface area contributed by atoms with Crippen molar-refractivity contribution in [3.05, 3.63) is 108 Å². The summed E-state index contributed by atoms with van der Waals surface area (Å²) in [6.07, 6.45) is 3.17. The zero-order valence-electron chi connectivity index (χ0n) is 17.1. The number of hydrogen-bond acceptors (Lipinski definition) is 5. The van der Waals surface area contributed by atoms with E-state index in [0.29, 0.717) is 16.4 Å². The van der Waals surface area contributed by atoms with E-state index < -0.39 is 17.3 Å². The fourth-order valence-corrected chi connectivity index (χ4v) is 4.43. The monoisotopic (exact) mass is 510 g/mol. The van der Waals surface area contributed by atoms with Gasteiger partial charge < -0.3 is 5.32 Å². The Morgan fingerprint density at radius 3 is 2.56 bits per heavy atom. The highest BCUT2D eigenvalue weighted by molar-refractivity contribution is 7.07. The van der Waals surface area contributed by atoms with Crippen LogP contribution >= 0.6 is 34.5 Å². The number of carbonyl (C=O) groups excluding carboxylic acids is 1. The van der Waals surface area contributed by atoms with Crippen molar-refractivity contribution in [2.75, 3.05) is 5.32 Å². The molecule has 0 aliphatic heterocycles. The van der Waals surface area contributed by atoms with Crippen molar-refractivity contribution in [1.82, 2.24) is 9.55 Å². The first-order valence-corrected chi connectivity index (χ1v) is 11.3. The number of rotatable bonds is 4. The van der Waals surface area contributed by atoms with Crippen molar-refractivity contribution in [3.8, 4) is 11.8 Å². The van der Waals surface area contributed by atoms with Crippen LogP contribution in [0, 0.1) is 17.1 Å². The number of carbonyl (C=O) groups is 1. The van der Waals surface area contributed by atoms with Crippen molar-refractivity contribution < 1.29 is 9.18 Å². The van der Waals surface area contributed by atoms with Gasteiger partial charge in [-0.3, -0.25) is 19.1 Å². The molecule has 10 heteroatoms. The number of hydrogen-bond donors (Lipinski definition) is 1. The maximum absolute atomic E-state index is 13.5. The summed E-state index contributed by atoms with van der Waals surface area (Å²) >= 11 is 12.7. The van der Waals surface area contributed by atoms with Crippen LogP contribution in [-0.4, -0.2) is 15.5 Å². The van der Waals surface area contributed by atoms with Crippen LogP contribution in [0.2, 0.25) is 10.0 Å². The van der Waals surface area contributed by atoms with Crippen LogP contribution in [0.3, 0.4) is 0 Å². The van der Waals surface area contributed by atoms with Gasteiger partial charge in [0.2, 0.25) is 0 Å². The average molecular weight is 511 g/mol. The number of anilines is 1. The van der Waals surface area contributed by atoms with Gasteiger partial charge in [-0.05, 0) is 60.7 Å². The molecule has 0 saturated carbocycles. The van der Waals surface area contributed by atoms with Gasteiger partial charge in [0.15, 0.2) is 5.57 Å². The number of nitrogens with one attached hydrogen (secondary N) is 1. The van der Waals surface area contributed by atoms with E-state index in [1.807, 2.05) is 6.07 Å². The molecule has 2 aromatic carbocycles. The molecule has 6 nitrogen and oxygen atoms in total. The van der Waals surface area contributed by atoms with Crippen molar-refractivity contribution in [2.45, 2.75) is 0 Å². The number of nitriles is 1. The third-order valence-corrected chi connectivity index (χ3v) is 6.24. The Labute approximate surface area is 206 Å². The van der Waals surface area contributed by atoms with E-state index in [1.54, 1.807) is 54.7 Å². The van der Waals surface area contributed by atoms with Crippen molar-refractivity contribution in [2.24, 2.45) is 0 Å². The van der Waals surface area contributed by atoms with Crippen LogP contribution in [0.4, 0.5) is 10.1 Å². The standard InChI is InChI=1S/C24H13Cl2FN4O2S/c25-14-4-7-17(8-5-14)31-23(33)21(12-15-3-1-2-10-29-15)34-24(31)18(13-28)22(32)30-16-6-9-20(27)19(26)11-16/h1-12H,(H,30,32). The Balaban J connectivity index is 1.94. The third kappa shape index (κ3) is 4.92. The predicted octanol–water partition coefficient (Wildman–Crippen LogP) is 3.88. The minimum absolute atomic E-state index is 0.114. The van der Waals surface area contributed by atoms with Gasteiger partial charge in [0, 0.05) is 16.9 Å². The summed E-state index contributed by atoms with van der Waals surface area (Å²) in [5.41, 5.74) is 0.421. The lowest BCUT2D eigenvalue weighted by atomic mass is 10.2. The summed E-state index contributed by atoms with van der Waals surface area (Å²) < 4.78 is 15.1. The molecule has 0 aliphatic carbocycles. The minimum atomic E-state index is -0.779. The lowest BCUT2D eigenvalue weighted by Crippen LogP contribution is -2.32. The fraction of sp³-hybridized carbons (Fsp3) is 0. The summed E-state index contributed by atoms with van der Waals surface area (Å²) in [5.74, 6) is -1.42. The molecule has 2 aromatic heterocycles. The van der Waals surface area contributed by atoms with E-state index in [4.69, 9.17) is 23.2 Å². The van der Waals surface area contributed by atoms with Crippen LogP contribution < -0.4 is 20.1 Å². The number of thiazole rings is 1. The van der Waals surface area contributed by atoms with Crippen molar-refractivity contribution in [1.29, 1.82) is 5.26 Å². The number of nitrogens with zero attached hydrogens (tertiary/aromatic N) is 3. The Morgan fingerprint density at radius 1 is 1.15 bits per heavy atom. The van der Waals surface area contributed by atoms with E-state index in [0.717, 1.165) is 17.4 Å². The second kappa shape index (κ2) is 10.0. The number of halogens is 3. The molecule has 4 rings (SSSR count). The summed E-state index contributed by atoms with van der Waals surface area (Å²) in [7, 11) is 0. The molecule has 4 aromatic rings. The second-order valence-electron chi connectivity index (χ2n) is 6.86. The lowest BCUT2D eigenvalue weighted by Gasteiger charge is -2.06. The molecule has 0 atom stereocenters. The average Bonchev–Trinajstić information content (AvgIpc) is 3.13. The first-order chi connectivity index (χ1) is 16.4. The summed E-state index contributed by atoms with van der Waals surface area (Å²) in [5, 5.41) is 12.6. The van der Waals surface area contributed by atoms with Crippen molar-refractivity contribution >= 4 is 57.8 Å². The molecule has 168 valence electrons. The van der Waals surface area contributed by atoms with Gasteiger partial charge in [0.25, 0.3) is 11.5 Å². The Kier molecular flexibility index (Phi) is 6.89. The zero-order valence-corrected chi connectivity index (χ0v) is 19.5. The molecule has 0 radical (unpaired) electrons. The molecule has 0 bridgehead atoms. The predicted molar refractivity (Wildman–Crippen MR) is 131 cm³/mol. The van der Waals surface area contributed by atoms with E-state index in [-0.39, 0.29) is 25.5 Å². The molecule has 0 fully saturated rings. The highest BCUT2D eigenvalue weighted by Gasteiger charge is 2.18. The Hall–Kier alpha value is -3.77. The van der Waals surface area contributed by atoms with E-state index >= 15 is 0 Å². The van der Waals surface area contributed by atoms with Gasteiger partial charge in [-0.1, -0.05) is 29.3 Å². The number of aromatic nitrogens is 2. The molecular weight excluding hydrogens is 498 g/mol. The molecule has 0 saturated heterocycles. The second-order valence-corrected chi connectivity index (χ2v) is 8.73. The highest BCUT2D eigenvalue weighted by Crippen LogP contribution is 2.20. The van der Waals surface area contributed by atoms with Gasteiger partial charge in [-0.2, -0.15) is 5.26 Å². The molecule has 1 N–H and O–H groups in total. The largest absolute Gasteiger partial charge is 0.321 e. The number of pyridine rings is 1. The van der Waals surface area contributed by atoms with Crippen molar-refractivity contribution in [3.63, 3.8) is 0 Å². The number of benzene rings is 2. The Bertz CT molecular complexity index is 1610. The molecule has 0 spiro atoms. The van der Waals surface area contributed by atoms with Crippen LogP contribution in [-0.2, 0) is 4.79 Å². The SMILES string of the molecule is N#CC(C(=O)Nc1ccc(F)c(Cl)c1)=c1sc(=Cc2ccccn2)c(=O)n1-c1ccc(Cl)cc1. The molecule has 0 unspecified atom stereocenters. The van der Waals surface area contributed by atoms with Crippen LogP contribution in [0.1, 0.15) is 5.69 Å².